The monoisotopic (exact) mass is 339 g/mol. The molecule has 2 heterocycles. The lowest BCUT2D eigenvalue weighted by atomic mass is 10.2. The summed E-state index contributed by atoms with van der Waals surface area (Å²) in [6.07, 6.45) is 0. The van der Waals surface area contributed by atoms with E-state index in [0.29, 0.717) is 16.7 Å². The summed E-state index contributed by atoms with van der Waals surface area (Å²) in [5.41, 5.74) is 3.69. The van der Waals surface area contributed by atoms with Gasteiger partial charge in [0.2, 0.25) is 0 Å². The van der Waals surface area contributed by atoms with E-state index in [0.717, 1.165) is 37.7 Å². The zero-order valence-corrected chi connectivity index (χ0v) is 13.4. The topological polar surface area (TPSA) is 92.5 Å². The minimum Gasteiger partial charge on any atom is -0.378 e. The Balaban J connectivity index is 1.38. The number of morpholine rings is 1. The summed E-state index contributed by atoms with van der Waals surface area (Å²) in [5, 5.41) is 13.1. The molecule has 2 N–H and O–H groups in total. The molecule has 0 bridgehead atoms. The number of fused-ring (bicyclic) bond motifs is 1. The van der Waals surface area contributed by atoms with Gasteiger partial charge in [-0.25, -0.2) is 9.42 Å². The molecule has 4 rings (SSSR count). The number of amides is 2. The molecule has 0 aliphatic carbocycles. The quantitative estimate of drug-likeness (QED) is 0.762. The number of carbonyl (C=O) groups is 1. The van der Waals surface area contributed by atoms with Crippen molar-refractivity contribution < 1.29 is 14.2 Å². The molecule has 0 radical (unpaired) electrons. The van der Waals surface area contributed by atoms with Crippen molar-refractivity contribution in [2.24, 2.45) is 0 Å². The van der Waals surface area contributed by atoms with Gasteiger partial charge in [-0.15, -0.1) is 0 Å². The van der Waals surface area contributed by atoms with Crippen LogP contribution in [-0.2, 0) is 4.74 Å². The highest BCUT2D eigenvalue weighted by Gasteiger charge is 2.11. The minimum atomic E-state index is -0.324. The number of hydrogen-bond acceptors (Lipinski definition) is 6. The van der Waals surface area contributed by atoms with Gasteiger partial charge in [0.1, 0.15) is 11.0 Å². The second kappa shape index (κ2) is 6.78. The third-order valence-electron chi connectivity index (χ3n) is 4.01. The molecular formula is C17H17N5O3. The predicted molar refractivity (Wildman–Crippen MR) is 93.9 cm³/mol. The van der Waals surface area contributed by atoms with Crippen molar-refractivity contribution in [1.29, 1.82) is 0 Å². The van der Waals surface area contributed by atoms with Gasteiger partial charge in [0.25, 0.3) is 0 Å². The number of ether oxygens (including phenoxy) is 1. The van der Waals surface area contributed by atoms with Crippen LogP contribution in [0.5, 0.6) is 0 Å². The number of carbonyl (C=O) groups excluding carboxylic acids is 1. The molecule has 1 saturated heterocycles. The Morgan fingerprint density at radius 1 is 0.920 bits per heavy atom. The Morgan fingerprint density at radius 2 is 1.60 bits per heavy atom. The lowest BCUT2D eigenvalue weighted by molar-refractivity contribution is 0.122. The zero-order valence-electron chi connectivity index (χ0n) is 13.4. The van der Waals surface area contributed by atoms with Gasteiger partial charge >= 0.3 is 6.03 Å². The van der Waals surface area contributed by atoms with Crippen LogP contribution in [-0.4, -0.2) is 42.6 Å². The molecule has 1 aliphatic rings. The number of nitrogens with zero attached hydrogens (tertiary/aromatic N) is 3. The van der Waals surface area contributed by atoms with E-state index < -0.39 is 0 Å². The summed E-state index contributed by atoms with van der Waals surface area (Å²) in [4.78, 5) is 14.4. The average Bonchev–Trinajstić information content (AvgIpc) is 3.11. The Morgan fingerprint density at radius 3 is 2.40 bits per heavy atom. The standard InChI is InChI=1S/C17H17N5O3/c23-17(19-13-3-6-15-16(11-13)21-25-20-15)18-12-1-4-14(5-2-12)22-7-9-24-10-8-22/h1-6,11H,7-10H2,(H2,18,19,23). The summed E-state index contributed by atoms with van der Waals surface area (Å²) in [7, 11) is 0. The normalized spacial score (nSPS) is 14.5. The molecule has 0 spiro atoms. The first-order chi connectivity index (χ1) is 12.3. The van der Waals surface area contributed by atoms with Gasteiger partial charge in [0.05, 0.1) is 13.2 Å². The van der Waals surface area contributed by atoms with Crippen LogP contribution in [0.4, 0.5) is 21.9 Å². The van der Waals surface area contributed by atoms with E-state index in [-0.39, 0.29) is 6.03 Å². The summed E-state index contributed by atoms with van der Waals surface area (Å²) >= 11 is 0. The molecule has 2 amide bonds. The van der Waals surface area contributed by atoms with Crippen molar-refractivity contribution in [2.75, 3.05) is 41.8 Å². The number of aromatic nitrogens is 2. The molecule has 0 unspecified atom stereocenters. The zero-order chi connectivity index (χ0) is 17.1. The number of rotatable bonds is 3. The third-order valence-corrected chi connectivity index (χ3v) is 4.01. The molecule has 8 nitrogen and oxygen atoms in total. The van der Waals surface area contributed by atoms with Crippen LogP contribution in [0.25, 0.3) is 11.0 Å². The van der Waals surface area contributed by atoms with Crippen molar-refractivity contribution >= 4 is 34.1 Å². The highest BCUT2D eigenvalue weighted by Crippen LogP contribution is 2.20. The Labute approximate surface area is 143 Å². The highest BCUT2D eigenvalue weighted by atomic mass is 16.6. The molecule has 3 aromatic rings. The molecule has 1 fully saturated rings. The van der Waals surface area contributed by atoms with E-state index in [9.17, 15) is 4.79 Å². The summed E-state index contributed by atoms with van der Waals surface area (Å²) in [6.45, 7) is 3.25. The number of nitrogens with one attached hydrogen (secondary N) is 2. The number of benzene rings is 2. The maximum atomic E-state index is 12.1. The van der Waals surface area contributed by atoms with Gasteiger partial charge in [-0.3, -0.25) is 0 Å². The van der Waals surface area contributed by atoms with E-state index >= 15 is 0 Å². The van der Waals surface area contributed by atoms with Gasteiger partial charge in [-0.2, -0.15) is 0 Å². The van der Waals surface area contributed by atoms with Crippen molar-refractivity contribution in [1.82, 2.24) is 10.3 Å². The first-order valence-electron chi connectivity index (χ1n) is 8.01. The molecule has 1 aromatic heterocycles. The van der Waals surface area contributed by atoms with Crippen molar-refractivity contribution in [2.45, 2.75) is 0 Å². The summed E-state index contributed by atoms with van der Waals surface area (Å²) in [5.74, 6) is 0. The second-order valence-corrected chi connectivity index (χ2v) is 5.69. The van der Waals surface area contributed by atoms with Crippen LogP contribution in [0.3, 0.4) is 0 Å². The summed E-state index contributed by atoms with van der Waals surface area (Å²) < 4.78 is 10.00. The maximum Gasteiger partial charge on any atom is 0.323 e. The number of urea groups is 1. The predicted octanol–water partition coefficient (Wildman–Crippen LogP) is 2.70. The van der Waals surface area contributed by atoms with Crippen LogP contribution >= 0.6 is 0 Å². The van der Waals surface area contributed by atoms with Crippen molar-refractivity contribution in [3.05, 3.63) is 42.5 Å². The fraction of sp³-hybridized carbons (Fsp3) is 0.235. The number of anilines is 3. The van der Waals surface area contributed by atoms with Gasteiger partial charge in [0.15, 0.2) is 0 Å². The molecule has 128 valence electrons. The maximum absolute atomic E-state index is 12.1. The van der Waals surface area contributed by atoms with Gasteiger partial charge < -0.3 is 20.3 Å². The van der Waals surface area contributed by atoms with E-state index in [4.69, 9.17) is 4.74 Å². The molecule has 0 saturated carbocycles. The van der Waals surface area contributed by atoms with Gasteiger partial charge in [-0.1, -0.05) is 0 Å². The molecule has 1 aliphatic heterocycles. The lowest BCUT2D eigenvalue weighted by Crippen LogP contribution is -2.36. The third kappa shape index (κ3) is 3.53. The molecule has 0 atom stereocenters. The van der Waals surface area contributed by atoms with Gasteiger partial charge in [-0.05, 0) is 52.8 Å². The van der Waals surface area contributed by atoms with E-state index in [2.05, 4.69) is 30.5 Å². The largest absolute Gasteiger partial charge is 0.378 e. The first-order valence-corrected chi connectivity index (χ1v) is 8.01. The molecule has 8 heteroatoms. The lowest BCUT2D eigenvalue weighted by Gasteiger charge is -2.28. The van der Waals surface area contributed by atoms with E-state index in [1.54, 1.807) is 18.2 Å². The highest BCUT2D eigenvalue weighted by molar-refractivity contribution is 6.00. The van der Waals surface area contributed by atoms with Crippen molar-refractivity contribution in [3.8, 4) is 0 Å². The fourth-order valence-corrected chi connectivity index (χ4v) is 2.73. The number of hydrogen-bond donors (Lipinski definition) is 2. The minimum absolute atomic E-state index is 0.324. The van der Waals surface area contributed by atoms with Crippen LogP contribution in [0.1, 0.15) is 0 Å². The summed E-state index contributed by atoms with van der Waals surface area (Å²) in [6, 6.07) is 12.6. The second-order valence-electron chi connectivity index (χ2n) is 5.69. The Hall–Kier alpha value is -3.13. The molecule has 2 aromatic carbocycles. The van der Waals surface area contributed by atoms with Crippen LogP contribution in [0.2, 0.25) is 0 Å². The van der Waals surface area contributed by atoms with Crippen LogP contribution in [0, 0.1) is 0 Å². The van der Waals surface area contributed by atoms with E-state index in [1.807, 2.05) is 24.3 Å². The van der Waals surface area contributed by atoms with Gasteiger partial charge in [0, 0.05) is 30.2 Å². The molecule has 25 heavy (non-hydrogen) atoms. The Bertz CT molecular complexity index is 871. The van der Waals surface area contributed by atoms with Crippen LogP contribution < -0.4 is 15.5 Å². The van der Waals surface area contributed by atoms with E-state index in [1.165, 1.54) is 0 Å². The van der Waals surface area contributed by atoms with Crippen molar-refractivity contribution in [3.63, 3.8) is 0 Å². The Kier molecular flexibility index (Phi) is 4.17. The fourth-order valence-electron chi connectivity index (χ4n) is 2.73. The van der Waals surface area contributed by atoms with Crippen LogP contribution in [0.15, 0.2) is 47.1 Å². The SMILES string of the molecule is O=C(Nc1ccc(N2CCOCC2)cc1)Nc1ccc2nonc2c1. The molecular weight excluding hydrogens is 322 g/mol. The average molecular weight is 339 g/mol. The smallest absolute Gasteiger partial charge is 0.323 e. The first kappa shape index (κ1) is 15.4.